The van der Waals surface area contributed by atoms with Crippen LogP contribution >= 0.6 is 0 Å². The molecule has 2 aliphatic heterocycles. The third-order valence-corrected chi connectivity index (χ3v) is 5.75. The summed E-state index contributed by atoms with van der Waals surface area (Å²) in [5.41, 5.74) is -0.664. The third-order valence-electron chi connectivity index (χ3n) is 5.75. The van der Waals surface area contributed by atoms with Crippen LogP contribution < -0.4 is 20.1 Å². The van der Waals surface area contributed by atoms with Gasteiger partial charge in [-0.15, -0.1) is 0 Å². The van der Waals surface area contributed by atoms with E-state index in [0.717, 1.165) is 30.6 Å². The molecular weight excluding hydrogens is 362 g/mol. The SMILES string of the molecule is C[C@@]1(c2ccc3c(c2)OCO3)NC(=O)N(CC(=O)NC2CCCCCC2)C1=O. The van der Waals surface area contributed by atoms with Crippen LogP contribution in [0.3, 0.4) is 0 Å². The lowest BCUT2D eigenvalue weighted by molar-refractivity contribution is -0.135. The molecule has 8 heteroatoms. The van der Waals surface area contributed by atoms with Crippen molar-refractivity contribution in [3.63, 3.8) is 0 Å². The number of urea groups is 1. The Balaban J connectivity index is 1.45. The fraction of sp³-hybridized carbons (Fsp3) is 0.550. The molecule has 0 bridgehead atoms. The van der Waals surface area contributed by atoms with E-state index in [-0.39, 0.29) is 25.3 Å². The Kier molecular flexibility index (Phi) is 4.87. The van der Waals surface area contributed by atoms with E-state index in [1.807, 2.05) is 0 Å². The molecule has 28 heavy (non-hydrogen) atoms. The van der Waals surface area contributed by atoms with Crippen molar-refractivity contribution in [3.8, 4) is 11.5 Å². The van der Waals surface area contributed by atoms with Crippen molar-refractivity contribution < 1.29 is 23.9 Å². The van der Waals surface area contributed by atoms with Gasteiger partial charge in [-0.05, 0) is 37.5 Å². The summed E-state index contributed by atoms with van der Waals surface area (Å²) in [6, 6.07) is 4.68. The molecule has 0 spiro atoms. The molecule has 8 nitrogen and oxygen atoms in total. The molecule has 0 aromatic heterocycles. The average molecular weight is 387 g/mol. The first-order valence-corrected chi connectivity index (χ1v) is 9.81. The van der Waals surface area contributed by atoms with Crippen LogP contribution in [0.1, 0.15) is 51.0 Å². The fourth-order valence-electron chi connectivity index (χ4n) is 4.08. The summed E-state index contributed by atoms with van der Waals surface area (Å²) in [7, 11) is 0. The molecule has 1 aromatic carbocycles. The summed E-state index contributed by atoms with van der Waals surface area (Å²) < 4.78 is 10.7. The number of carbonyl (C=O) groups is 3. The van der Waals surface area contributed by atoms with E-state index >= 15 is 0 Å². The third kappa shape index (κ3) is 3.39. The van der Waals surface area contributed by atoms with Gasteiger partial charge < -0.3 is 20.1 Å². The molecule has 2 N–H and O–H groups in total. The van der Waals surface area contributed by atoms with E-state index in [2.05, 4.69) is 10.6 Å². The highest BCUT2D eigenvalue weighted by molar-refractivity contribution is 6.09. The lowest BCUT2D eigenvalue weighted by atomic mass is 9.91. The lowest BCUT2D eigenvalue weighted by Gasteiger charge is -2.23. The number of carbonyl (C=O) groups excluding carboxylic acids is 3. The topological polar surface area (TPSA) is 97.0 Å². The first-order valence-electron chi connectivity index (χ1n) is 9.81. The molecule has 1 saturated carbocycles. The maximum Gasteiger partial charge on any atom is 0.325 e. The van der Waals surface area contributed by atoms with Gasteiger partial charge in [0.2, 0.25) is 12.7 Å². The fourth-order valence-corrected chi connectivity index (χ4v) is 4.08. The molecule has 4 amide bonds. The maximum absolute atomic E-state index is 13.0. The maximum atomic E-state index is 13.0. The van der Waals surface area contributed by atoms with Gasteiger partial charge >= 0.3 is 6.03 Å². The van der Waals surface area contributed by atoms with Gasteiger partial charge in [-0.1, -0.05) is 31.7 Å². The monoisotopic (exact) mass is 387 g/mol. The molecule has 1 atom stereocenters. The van der Waals surface area contributed by atoms with E-state index in [4.69, 9.17) is 9.47 Å². The number of nitrogens with zero attached hydrogens (tertiary/aromatic N) is 1. The summed E-state index contributed by atoms with van der Waals surface area (Å²) in [5, 5.41) is 5.70. The van der Waals surface area contributed by atoms with Crippen molar-refractivity contribution in [2.45, 2.75) is 57.0 Å². The Morgan fingerprint density at radius 3 is 2.64 bits per heavy atom. The summed E-state index contributed by atoms with van der Waals surface area (Å²) in [6.07, 6.45) is 6.45. The number of hydrogen-bond acceptors (Lipinski definition) is 5. The molecule has 0 radical (unpaired) electrons. The predicted molar refractivity (Wildman–Crippen MR) is 99.8 cm³/mol. The van der Waals surface area contributed by atoms with Crippen LogP contribution in [-0.2, 0) is 15.1 Å². The van der Waals surface area contributed by atoms with Crippen molar-refractivity contribution in [1.29, 1.82) is 0 Å². The van der Waals surface area contributed by atoms with Gasteiger partial charge in [-0.25, -0.2) is 4.79 Å². The molecular formula is C20H25N3O5. The van der Waals surface area contributed by atoms with Gasteiger partial charge in [0, 0.05) is 6.04 Å². The Hall–Kier alpha value is -2.77. The van der Waals surface area contributed by atoms with E-state index < -0.39 is 17.5 Å². The van der Waals surface area contributed by atoms with Gasteiger partial charge in [0.1, 0.15) is 12.1 Å². The number of hydrogen-bond donors (Lipinski definition) is 2. The van der Waals surface area contributed by atoms with E-state index in [9.17, 15) is 14.4 Å². The van der Waals surface area contributed by atoms with Crippen molar-refractivity contribution in [2.24, 2.45) is 0 Å². The normalized spacial score (nSPS) is 24.8. The highest BCUT2D eigenvalue weighted by Gasteiger charge is 2.50. The van der Waals surface area contributed by atoms with Crippen LogP contribution in [0, 0.1) is 0 Å². The van der Waals surface area contributed by atoms with Crippen molar-refractivity contribution >= 4 is 17.8 Å². The second kappa shape index (κ2) is 7.33. The number of rotatable bonds is 4. The molecule has 2 fully saturated rings. The Morgan fingerprint density at radius 2 is 1.89 bits per heavy atom. The highest BCUT2D eigenvalue weighted by Crippen LogP contribution is 2.37. The highest BCUT2D eigenvalue weighted by atomic mass is 16.7. The van der Waals surface area contributed by atoms with Gasteiger partial charge in [-0.2, -0.15) is 0 Å². The number of fused-ring (bicyclic) bond motifs is 1. The minimum atomic E-state index is -1.25. The predicted octanol–water partition coefficient (Wildman–Crippen LogP) is 2.02. The Morgan fingerprint density at radius 1 is 1.18 bits per heavy atom. The summed E-state index contributed by atoms with van der Waals surface area (Å²) in [6.45, 7) is 1.48. The zero-order valence-corrected chi connectivity index (χ0v) is 16.0. The summed E-state index contributed by atoms with van der Waals surface area (Å²) in [4.78, 5) is 38.9. The quantitative estimate of drug-likeness (QED) is 0.609. The van der Waals surface area contributed by atoms with Crippen molar-refractivity contribution in [3.05, 3.63) is 23.8 Å². The molecule has 0 unspecified atom stereocenters. The number of amides is 4. The first-order chi connectivity index (χ1) is 13.5. The second-order valence-electron chi connectivity index (χ2n) is 7.77. The summed E-state index contributed by atoms with van der Waals surface area (Å²) in [5.74, 6) is 0.381. The Bertz CT molecular complexity index is 803. The smallest absolute Gasteiger partial charge is 0.325 e. The van der Waals surface area contributed by atoms with Gasteiger partial charge in [0.15, 0.2) is 11.5 Å². The number of imide groups is 1. The second-order valence-corrected chi connectivity index (χ2v) is 7.77. The van der Waals surface area contributed by atoms with Crippen molar-refractivity contribution in [1.82, 2.24) is 15.5 Å². The molecule has 3 aliphatic rings. The number of benzene rings is 1. The van der Waals surface area contributed by atoms with Crippen LogP contribution in [-0.4, -0.2) is 42.1 Å². The molecule has 2 heterocycles. The van der Waals surface area contributed by atoms with Crippen LogP contribution in [0.2, 0.25) is 0 Å². The summed E-state index contributed by atoms with van der Waals surface area (Å²) >= 11 is 0. The standard InChI is InChI=1S/C20H25N3O5/c1-20(13-8-9-15-16(10-13)28-12-27-15)18(25)23(19(26)22-20)11-17(24)21-14-6-4-2-3-5-7-14/h8-10,14H,2-7,11-12H2,1H3,(H,21,24)(H,22,26)/t20-/m0/s1. The van der Waals surface area contributed by atoms with Crippen LogP contribution in [0.25, 0.3) is 0 Å². The van der Waals surface area contributed by atoms with Gasteiger partial charge in [0.05, 0.1) is 0 Å². The number of nitrogens with one attached hydrogen (secondary N) is 2. The molecule has 1 aromatic rings. The molecule has 1 aliphatic carbocycles. The lowest BCUT2D eigenvalue weighted by Crippen LogP contribution is -2.45. The molecule has 1 saturated heterocycles. The van der Waals surface area contributed by atoms with E-state index in [1.54, 1.807) is 25.1 Å². The van der Waals surface area contributed by atoms with Gasteiger partial charge in [0.25, 0.3) is 5.91 Å². The average Bonchev–Trinajstić information content (AvgIpc) is 3.11. The largest absolute Gasteiger partial charge is 0.454 e. The Labute approximate surface area is 163 Å². The molecule has 4 rings (SSSR count). The van der Waals surface area contributed by atoms with Crippen LogP contribution in [0.4, 0.5) is 4.79 Å². The minimum absolute atomic E-state index is 0.121. The zero-order valence-electron chi connectivity index (χ0n) is 16.0. The molecule has 150 valence electrons. The minimum Gasteiger partial charge on any atom is -0.454 e. The number of ether oxygens (including phenoxy) is 2. The van der Waals surface area contributed by atoms with Crippen LogP contribution in [0.5, 0.6) is 11.5 Å². The zero-order chi connectivity index (χ0) is 19.7. The van der Waals surface area contributed by atoms with E-state index in [1.165, 1.54) is 12.8 Å². The van der Waals surface area contributed by atoms with Crippen molar-refractivity contribution in [2.75, 3.05) is 13.3 Å². The van der Waals surface area contributed by atoms with Gasteiger partial charge in [-0.3, -0.25) is 14.5 Å². The van der Waals surface area contributed by atoms with E-state index in [0.29, 0.717) is 17.1 Å². The van der Waals surface area contributed by atoms with Crippen LogP contribution in [0.15, 0.2) is 18.2 Å². The first kappa shape index (κ1) is 18.6.